The van der Waals surface area contributed by atoms with Crippen molar-refractivity contribution in [2.45, 2.75) is 25.7 Å². The van der Waals surface area contributed by atoms with Crippen LogP contribution in [0.25, 0.3) is 5.57 Å². The van der Waals surface area contributed by atoms with Gasteiger partial charge in [0.2, 0.25) is 5.91 Å². The SMILES string of the molecule is C=CCCC1(CC(=C)c2ccccc2)CCN(C)C1=O. The fourth-order valence-electron chi connectivity index (χ4n) is 3.04. The van der Waals surface area contributed by atoms with E-state index in [2.05, 4.69) is 25.3 Å². The lowest BCUT2D eigenvalue weighted by Gasteiger charge is -2.28. The van der Waals surface area contributed by atoms with Gasteiger partial charge in [-0.15, -0.1) is 6.58 Å². The second-order valence-electron chi connectivity index (χ2n) is 5.73. The molecule has 0 aliphatic carbocycles. The first-order valence-corrected chi connectivity index (χ1v) is 7.19. The Balaban J connectivity index is 2.19. The number of carbonyl (C=O) groups is 1. The molecule has 1 fully saturated rings. The first-order chi connectivity index (χ1) is 9.59. The highest BCUT2D eigenvalue weighted by atomic mass is 16.2. The van der Waals surface area contributed by atoms with Crippen LogP contribution < -0.4 is 0 Å². The smallest absolute Gasteiger partial charge is 0.228 e. The van der Waals surface area contributed by atoms with Crippen molar-refractivity contribution in [3.8, 4) is 0 Å². The highest BCUT2D eigenvalue weighted by Gasteiger charge is 2.44. The molecule has 2 nitrogen and oxygen atoms in total. The van der Waals surface area contributed by atoms with Crippen molar-refractivity contribution in [2.24, 2.45) is 5.41 Å². The molecule has 20 heavy (non-hydrogen) atoms. The molecule has 2 heteroatoms. The summed E-state index contributed by atoms with van der Waals surface area (Å²) in [7, 11) is 1.89. The predicted molar refractivity (Wildman–Crippen MR) is 84.2 cm³/mol. The molecule has 1 aliphatic heterocycles. The number of rotatable bonds is 6. The average Bonchev–Trinajstić information content (AvgIpc) is 2.75. The van der Waals surface area contributed by atoms with E-state index in [-0.39, 0.29) is 11.3 Å². The summed E-state index contributed by atoms with van der Waals surface area (Å²) in [4.78, 5) is 14.4. The van der Waals surface area contributed by atoms with Gasteiger partial charge in [-0.3, -0.25) is 4.79 Å². The second kappa shape index (κ2) is 6.08. The largest absolute Gasteiger partial charge is 0.345 e. The van der Waals surface area contributed by atoms with Gasteiger partial charge >= 0.3 is 0 Å². The molecule has 1 aliphatic rings. The molecule has 2 rings (SSSR count). The summed E-state index contributed by atoms with van der Waals surface area (Å²) in [5.74, 6) is 0.261. The number of allylic oxidation sites excluding steroid dienone is 2. The van der Waals surface area contributed by atoms with Gasteiger partial charge in [0.05, 0.1) is 5.41 Å². The maximum Gasteiger partial charge on any atom is 0.228 e. The molecule has 0 radical (unpaired) electrons. The molecule has 0 spiro atoms. The van der Waals surface area contributed by atoms with Crippen molar-refractivity contribution in [2.75, 3.05) is 13.6 Å². The van der Waals surface area contributed by atoms with Crippen molar-refractivity contribution < 1.29 is 4.79 Å². The van der Waals surface area contributed by atoms with Gasteiger partial charge in [0, 0.05) is 13.6 Å². The molecule has 0 aromatic heterocycles. The van der Waals surface area contributed by atoms with E-state index in [9.17, 15) is 4.79 Å². The minimum Gasteiger partial charge on any atom is -0.345 e. The number of carbonyl (C=O) groups excluding carboxylic acids is 1. The molecule has 1 heterocycles. The van der Waals surface area contributed by atoms with E-state index in [0.29, 0.717) is 0 Å². The number of hydrogen-bond donors (Lipinski definition) is 0. The Morgan fingerprint density at radius 3 is 2.65 bits per heavy atom. The van der Waals surface area contributed by atoms with Crippen molar-refractivity contribution >= 4 is 11.5 Å². The highest BCUT2D eigenvalue weighted by molar-refractivity contribution is 5.86. The van der Waals surface area contributed by atoms with Crippen LogP contribution in [0, 0.1) is 5.41 Å². The Morgan fingerprint density at radius 2 is 2.10 bits per heavy atom. The van der Waals surface area contributed by atoms with Crippen molar-refractivity contribution in [3.63, 3.8) is 0 Å². The summed E-state index contributed by atoms with van der Waals surface area (Å²) in [6.45, 7) is 8.84. The third-order valence-corrected chi connectivity index (χ3v) is 4.29. The minimum atomic E-state index is -0.282. The van der Waals surface area contributed by atoms with Gasteiger partial charge in [-0.25, -0.2) is 0 Å². The maximum atomic E-state index is 12.6. The van der Waals surface area contributed by atoms with E-state index >= 15 is 0 Å². The summed E-state index contributed by atoms with van der Waals surface area (Å²) in [6, 6.07) is 10.1. The third kappa shape index (κ3) is 2.84. The van der Waals surface area contributed by atoms with Crippen LogP contribution in [0.15, 0.2) is 49.6 Å². The van der Waals surface area contributed by atoms with Crippen LogP contribution in [0.3, 0.4) is 0 Å². The average molecular weight is 269 g/mol. The van der Waals surface area contributed by atoms with Gasteiger partial charge in [0.1, 0.15) is 0 Å². The summed E-state index contributed by atoms with van der Waals surface area (Å²) in [6.07, 6.45) is 5.31. The Labute approximate surface area is 121 Å². The van der Waals surface area contributed by atoms with Crippen molar-refractivity contribution in [1.82, 2.24) is 4.90 Å². The van der Waals surface area contributed by atoms with E-state index in [1.807, 2.05) is 36.2 Å². The first kappa shape index (κ1) is 14.6. The predicted octanol–water partition coefficient (Wildman–Crippen LogP) is 3.90. The zero-order valence-corrected chi connectivity index (χ0v) is 12.3. The van der Waals surface area contributed by atoms with Crippen LogP contribution >= 0.6 is 0 Å². The van der Waals surface area contributed by atoms with Crippen molar-refractivity contribution in [1.29, 1.82) is 0 Å². The Hall–Kier alpha value is -1.83. The lowest BCUT2D eigenvalue weighted by molar-refractivity contribution is -0.135. The molecule has 0 N–H and O–H groups in total. The molecular weight excluding hydrogens is 246 g/mol. The summed E-state index contributed by atoms with van der Waals surface area (Å²) in [5.41, 5.74) is 1.90. The normalized spacial score (nSPS) is 22.1. The van der Waals surface area contributed by atoms with Crippen LogP contribution in [-0.2, 0) is 4.79 Å². The summed E-state index contributed by atoms with van der Waals surface area (Å²) >= 11 is 0. The molecular formula is C18H23NO. The lowest BCUT2D eigenvalue weighted by atomic mass is 9.75. The molecule has 0 saturated carbocycles. The first-order valence-electron chi connectivity index (χ1n) is 7.19. The summed E-state index contributed by atoms with van der Waals surface area (Å²) < 4.78 is 0. The van der Waals surface area contributed by atoms with E-state index in [1.165, 1.54) is 0 Å². The Kier molecular flexibility index (Phi) is 4.43. The molecule has 0 bridgehead atoms. The van der Waals surface area contributed by atoms with E-state index < -0.39 is 0 Å². The van der Waals surface area contributed by atoms with Crippen LogP contribution in [0.1, 0.15) is 31.2 Å². The van der Waals surface area contributed by atoms with Gasteiger partial charge in [-0.05, 0) is 36.8 Å². The van der Waals surface area contributed by atoms with E-state index in [0.717, 1.165) is 43.4 Å². The van der Waals surface area contributed by atoms with Gasteiger partial charge in [-0.2, -0.15) is 0 Å². The molecule has 1 amide bonds. The molecule has 1 unspecified atom stereocenters. The highest BCUT2D eigenvalue weighted by Crippen LogP contribution is 2.43. The number of likely N-dealkylation sites (tertiary alicyclic amines) is 1. The molecule has 106 valence electrons. The maximum absolute atomic E-state index is 12.6. The number of hydrogen-bond acceptors (Lipinski definition) is 1. The fraction of sp³-hybridized carbons (Fsp3) is 0.389. The second-order valence-corrected chi connectivity index (χ2v) is 5.73. The van der Waals surface area contributed by atoms with Gasteiger partial charge in [0.15, 0.2) is 0 Å². The summed E-state index contributed by atoms with van der Waals surface area (Å²) in [5, 5.41) is 0. The van der Waals surface area contributed by atoms with Crippen LogP contribution in [0.2, 0.25) is 0 Å². The van der Waals surface area contributed by atoms with Crippen LogP contribution in [0.4, 0.5) is 0 Å². The van der Waals surface area contributed by atoms with Crippen molar-refractivity contribution in [3.05, 3.63) is 55.1 Å². The molecule has 1 aromatic rings. The van der Waals surface area contributed by atoms with Crippen LogP contribution in [-0.4, -0.2) is 24.4 Å². The lowest BCUT2D eigenvalue weighted by Crippen LogP contribution is -2.32. The Morgan fingerprint density at radius 1 is 1.40 bits per heavy atom. The van der Waals surface area contributed by atoms with E-state index in [1.54, 1.807) is 0 Å². The standard InChI is InChI=1S/C18H23NO/c1-4-5-11-18(12-13-19(3)17(18)20)14-15(2)16-9-7-6-8-10-16/h4,6-10H,1-2,5,11-14H2,3H3. The van der Waals surface area contributed by atoms with Gasteiger partial charge < -0.3 is 4.90 Å². The monoisotopic (exact) mass is 269 g/mol. The zero-order valence-electron chi connectivity index (χ0n) is 12.3. The molecule has 1 aromatic carbocycles. The van der Waals surface area contributed by atoms with Crippen LogP contribution in [0.5, 0.6) is 0 Å². The quantitative estimate of drug-likeness (QED) is 0.717. The van der Waals surface area contributed by atoms with Gasteiger partial charge in [0.25, 0.3) is 0 Å². The molecule has 1 saturated heterocycles. The number of nitrogens with zero attached hydrogens (tertiary/aromatic N) is 1. The minimum absolute atomic E-state index is 0.261. The Bertz CT molecular complexity index is 505. The number of benzene rings is 1. The zero-order chi connectivity index (χ0) is 14.6. The topological polar surface area (TPSA) is 20.3 Å². The van der Waals surface area contributed by atoms with Gasteiger partial charge in [-0.1, -0.05) is 43.0 Å². The third-order valence-electron chi connectivity index (χ3n) is 4.29. The fourth-order valence-corrected chi connectivity index (χ4v) is 3.04. The number of amides is 1. The van der Waals surface area contributed by atoms with E-state index in [4.69, 9.17) is 0 Å². The molecule has 1 atom stereocenters.